The molecule has 4 heteroatoms. The smallest absolute Gasteiger partial charge is 0.231 e. The predicted molar refractivity (Wildman–Crippen MR) is 88.8 cm³/mol. The van der Waals surface area contributed by atoms with Crippen LogP contribution in [0.5, 0.6) is 23.0 Å². The van der Waals surface area contributed by atoms with Gasteiger partial charge in [0.1, 0.15) is 18.1 Å². The third-order valence-electron chi connectivity index (χ3n) is 3.94. The van der Waals surface area contributed by atoms with Crippen LogP contribution < -0.4 is 18.9 Å². The van der Waals surface area contributed by atoms with E-state index in [9.17, 15) is 0 Å². The van der Waals surface area contributed by atoms with Crippen molar-refractivity contribution in [1.82, 2.24) is 0 Å². The van der Waals surface area contributed by atoms with Crippen LogP contribution in [0.1, 0.15) is 24.0 Å². The van der Waals surface area contributed by atoms with Crippen molar-refractivity contribution in [3.05, 3.63) is 60.2 Å². The van der Waals surface area contributed by atoms with Crippen molar-refractivity contribution >= 4 is 0 Å². The van der Waals surface area contributed by atoms with Crippen molar-refractivity contribution in [3.8, 4) is 23.0 Å². The van der Waals surface area contributed by atoms with E-state index in [1.165, 1.54) is 5.56 Å². The molecule has 2 aromatic carbocycles. The van der Waals surface area contributed by atoms with Crippen LogP contribution in [0.2, 0.25) is 0 Å². The van der Waals surface area contributed by atoms with E-state index in [0.29, 0.717) is 6.61 Å². The molecule has 1 heterocycles. The molecule has 2 aromatic rings. The Morgan fingerprint density at radius 1 is 1.17 bits per heavy atom. The number of hydrogen-bond acceptors (Lipinski definition) is 4. The van der Waals surface area contributed by atoms with E-state index in [-0.39, 0.29) is 12.7 Å². The maximum atomic E-state index is 5.82. The summed E-state index contributed by atoms with van der Waals surface area (Å²) in [5.74, 6) is 3.25. The first-order valence-corrected chi connectivity index (χ1v) is 7.54. The molecule has 4 nitrogen and oxygen atoms in total. The van der Waals surface area contributed by atoms with Gasteiger partial charge in [0.25, 0.3) is 0 Å². The second-order valence-electron chi connectivity index (χ2n) is 5.34. The summed E-state index contributed by atoms with van der Waals surface area (Å²) in [7, 11) is 1.66. The fourth-order valence-corrected chi connectivity index (χ4v) is 2.62. The first-order chi connectivity index (χ1) is 11.2. The molecule has 1 aliphatic rings. The molecule has 0 radical (unpaired) electrons. The fourth-order valence-electron chi connectivity index (χ4n) is 2.62. The minimum atomic E-state index is 0.148. The minimum absolute atomic E-state index is 0.148. The standard InChI is InChI=1S/C19H20O4/c1-4-9-21-17-11-19-18(22-12-23-19)10-16(17)13(2)14-5-7-15(20-3)8-6-14/h4-8,10-11,13H,1,9,12H2,2-3H3/t13-/m0/s1. The Labute approximate surface area is 136 Å². The predicted octanol–water partition coefficient (Wildman–Crippen LogP) is 4.14. The number of rotatable bonds is 6. The highest BCUT2D eigenvalue weighted by atomic mass is 16.7. The Morgan fingerprint density at radius 2 is 1.87 bits per heavy atom. The quantitative estimate of drug-likeness (QED) is 0.751. The molecular formula is C19H20O4. The summed E-state index contributed by atoms with van der Waals surface area (Å²) in [5, 5.41) is 0. The lowest BCUT2D eigenvalue weighted by Gasteiger charge is -2.18. The highest BCUT2D eigenvalue weighted by Crippen LogP contribution is 2.42. The van der Waals surface area contributed by atoms with E-state index >= 15 is 0 Å². The van der Waals surface area contributed by atoms with E-state index in [1.54, 1.807) is 13.2 Å². The molecule has 0 bridgehead atoms. The van der Waals surface area contributed by atoms with Crippen LogP contribution in [-0.4, -0.2) is 20.5 Å². The third-order valence-corrected chi connectivity index (χ3v) is 3.94. The number of ether oxygens (including phenoxy) is 4. The normalized spacial score (nSPS) is 13.5. The van der Waals surface area contributed by atoms with Gasteiger partial charge in [-0.25, -0.2) is 0 Å². The first-order valence-electron chi connectivity index (χ1n) is 7.54. The van der Waals surface area contributed by atoms with Gasteiger partial charge in [0.15, 0.2) is 11.5 Å². The maximum Gasteiger partial charge on any atom is 0.231 e. The van der Waals surface area contributed by atoms with E-state index in [4.69, 9.17) is 18.9 Å². The van der Waals surface area contributed by atoms with Crippen LogP contribution in [0.25, 0.3) is 0 Å². The summed E-state index contributed by atoms with van der Waals surface area (Å²) in [6.45, 7) is 6.54. The van der Waals surface area contributed by atoms with Gasteiger partial charge in [0, 0.05) is 17.5 Å². The Bertz CT molecular complexity index is 691. The van der Waals surface area contributed by atoms with Crippen LogP contribution in [0.3, 0.4) is 0 Å². The molecule has 1 aliphatic heterocycles. The van der Waals surface area contributed by atoms with Gasteiger partial charge in [-0.1, -0.05) is 31.7 Å². The molecule has 0 N–H and O–H groups in total. The number of fused-ring (bicyclic) bond motifs is 1. The number of hydrogen-bond donors (Lipinski definition) is 0. The summed E-state index contributed by atoms with van der Waals surface area (Å²) in [6, 6.07) is 11.9. The average molecular weight is 312 g/mol. The van der Waals surface area contributed by atoms with Crippen molar-refractivity contribution in [2.24, 2.45) is 0 Å². The van der Waals surface area contributed by atoms with Crippen LogP contribution >= 0.6 is 0 Å². The first kappa shape index (κ1) is 15.3. The van der Waals surface area contributed by atoms with Crippen molar-refractivity contribution in [1.29, 1.82) is 0 Å². The zero-order valence-electron chi connectivity index (χ0n) is 13.4. The zero-order chi connectivity index (χ0) is 16.2. The topological polar surface area (TPSA) is 36.9 Å². The van der Waals surface area contributed by atoms with Gasteiger partial charge in [-0.2, -0.15) is 0 Å². The zero-order valence-corrected chi connectivity index (χ0v) is 13.4. The largest absolute Gasteiger partial charge is 0.497 e. The molecule has 1 atom stereocenters. The summed E-state index contributed by atoms with van der Waals surface area (Å²) < 4.78 is 22.0. The molecule has 0 aromatic heterocycles. The van der Waals surface area contributed by atoms with Gasteiger partial charge in [0.05, 0.1) is 7.11 Å². The molecule has 0 amide bonds. The Morgan fingerprint density at radius 3 is 2.52 bits per heavy atom. The third kappa shape index (κ3) is 3.11. The number of methoxy groups -OCH3 is 1. The van der Waals surface area contributed by atoms with Gasteiger partial charge >= 0.3 is 0 Å². The molecule has 3 rings (SSSR count). The summed E-state index contributed by atoms with van der Waals surface area (Å²) in [5.41, 5.74) is 2.23. The van der Waals surface area contributed by atoms with Crippen molar-refractivity contribution in [2.45, 2.75) is 12.8 Å². The lowest BCUT2D eigenvalue weighted by atomic mass is 9.92. The van der Waals surface area contributed by atoms with Gasteiger partial charge < -0.3 is 18.9 Å². The van der Waals surface area contributed by atoms with Crippen molar-refractivity contribution in [3.63, 3.8) is 0 Å². The van der Waals surface area contributed by atoms with E-state index in [2.05, 4.69) is 25.6 Å². The average Bonchev–Trinajstić information content (AvgIpc) is 3.06. The van der Waals surface area contributed by atoms with Gasteiger partial charge in [-0.3, -0.25) is 0 Å². The van der Waals surface area contributed by atoms with Crippen LogP contribution in [0.4, 0.5) is 0 Å². The molecule has 0 aliphatic carbocycles. The molecular weight excluding hydrogens is 292 g/mol. The van der Waals surface area contributed by atoms with Gasteiger partial charge in [0.2, 0.25) is 6.79 Å². The minimum Gasteiger partial charge on any atom is -0.497 e. The number of benzene rings is 2. The Kier molecular flexibility index (Phi) is 4.42. The SMILES string of the molecule is C=CCOc1cc2c(cc1[C@@H](C)c1ccc(OC)cc1)OCO2. The highest BCUT2D eigenvalue weighted by Gasteiger charge is 2.22. The van der Waals surface area contributed by atoms with Crippen LogP contribution in [0.15, 0.2) is 49.1 Å². The van der Waals surface area contributed by atoms with Crippen molar-refractivity contribution in [2.75, 3.05) is 20.5 Å². The molecule has 0 fully saturated rings. The van der Waals surface area contributed by atoms with E-state index in [0.717, 1.165) is 28.6 Å². The second-order valence-corrected chi connectivity index (χ2v) is 5.34. The molecule has 23 heavy (non-hydrogen) atoms. The monoisotopic (exact) mass is 312 g/mol. The molecule has 0 saturated heterocycles. The fraction of sp³-hybridized carbons (Fsp3) is 0.263. The lowest BCUT2D eigenvalue weighted by Crippen LogP contribution is -2.02. The van der Waals surface area contributed by atoms with Crippen LogP contribution in [0, 0.1) is 0 Å². The summed E-state index contributed by atoms with van der Waals surface area (Å²) >= 11 is 0. The highest BCUT2D eigenvalue weighted by molar-refractivity contribution is 5.54. The van der Waals surface area contributed by atoms with Crippen molar-refractivity contribution < 1.29 is 18.9 Å². The maximum absolute atomic E-state index is 5.82. The molecule has 0 saturated carbocycles. The van der Waals surface area contributed by atoms with Gasteiger partial charge in [-0.15, -0.1) is 0 Å². The van der Waals surface area contributed by atoms with Gasteiger partial charge in [-0.05, 0) is 23.8 Å². The molecule has 120 valence electrons. The summed E-state index contributed by atoms with van der Waals surface area (Å²) in [6.07, 6.45) is 1.73. The van der Waals surface area contributed by atoms with E-state index < -0.39 is 0 Å². The van der Waals surface area contributed by atoms with Crippen LogP contribution in [-0.2, 0) is 0 Å². The lowest BCUT2D eigenvalue weighted by molar-refractivity contribution is 0.174. The molecule has 0 spiro atoms. The van der Waals surface area contributed by atoms with E-state index in [1.807, 2.05) is 24.3 Å². The Balaban J connectivity index is 1.96. The second kappa shape index (κ2) is 6.65. The molecule has 0 unspecified atom stereocenters. The Hall–Kier alpha value is -2.62. The summed E-state index contributed by atoms with van der Waals surface area (Å²) in [4.78, 5) is 0.